The quantitative estimate of drug-likeness (QED) is 0.536. The van der Waals surface area contributed by atoms with Crippen LogP contribution in [0.3, 0.4) is 0 Å². The third kappa shape index (κ3) is 3.40. The van der Waals surface area contributed by atoms with Crippen LogP contribution in [-0.4, -0.2) is 33.1 Å². The van der Waals surface area contributed by atoms with Gasteiger partial charge in [0.2, 0.25) is 0 Å². The number of nitrogens with one attached hydrogen (secondary N) is 1. The summed E-state index contributed by atoms with van der Waals surface area (Å²) in [6.45, 7) is 0. The highest BCUT2D eigenvalue weighted by molar-refractivity contribution is 8.01. The number of hydrogen-bond acceptors (Lipinski definition) is 5. The minimum Gasteiger partial charge on any atom is -0.442 e. The van der Waals surface area contributed by atoms with Crippen LogP contribution in [0.5, 0.6) is 0 Å². The van der Waals surface area contributed by atoms with Crippen molar-refractivity contribution in [2.75, 3.05) is 5.75 Å². The first-order chi connectivity index (χ1) is 15.4. The first-order valence-corrected chi connectivity index (χ1v) is 13.2. The summed E-state index contributed by atoms with van der Waals surface area (Å²) in [5.74, 6) is 1.55. The molecule has 168 valence electrons. The number of furan rings is 1. The Morgan fingerprint density at radius 2 is 2.00 bits per heavy atom. The van der Waals surface area contributed by atoms with Crippen LogP contribution in [0.4, 0.5) is 0 Å². The van der Waals surface area contributed by atoms with E-state index in [0.717, 1.165) is 55.5 Å². The molecule has 3 aromatic rings. The van der Waals surface area contributed by atoms with E-state index in [9.17, 15) is 9.00 Å². The topological polar surface area (TPSA) is 97.7 Å². The summed E-state index contributed by atoms with van der Waals surface area (Å²) in [7, 11) is -2.88. The van der Waals surface area contributed by atoms with Crippen LogP contribution in [0.2, 0.25) is 5.02 Å². The molecule has 1 spiro atoms. The van der Waals surface area contributed by atoms with Crippen LogP contribution in [-0.2, 0) is 10.1 Å². The van der Waals surface area contributed by atoms with Gasteiger partial charge in [0.05, 0.1) is 0 Å². The lowest BCUT2D eigenvalue weighted by Crippen LogP contribution is -2.55. The van der Waals surface area contributed by atoms with Gasteiger partial charge in [-0.2, -0.15) is 0 Å². The molecule has 2 aromatic heterocycles. The second kappa shape index (κ2) is 7.28. The second-order valence-corrected chi connectivity index (χ2v) is 12.3. The summed E-state index contributed by atoms with van der Waals surface area (Å²) in [5.41, 5.74) is 1.82. The van der Waals surface area contributed by atoms with Crippen molar-refractivity contribution < 1.29 is 17.8 Å². The molecule has 0 radical (unpaired) electrons. The number of hydrogen-bond donors (Lipinski definition) is 2. The number of nitrogens with zero attached hydrogens (tertiary/aromatic N) is 2. The van der Waals surface area contributed by atoms with Gasteiger partial charge in [0, 0.05) is 39.1 Å². The number of fused-ring (bicyclic) bond motifs is 1. The molecule has 1 N–H and O–H groups in total. The molecule has 7 nitrogen and oxygen atoms in total. The lowest BCUT2D eigenvalue weighted by Gasteiger charge is -2.57. The molecule has 2 fully saturated rings. The van der Waals surface area contributed by atoms with Crippen molar-refractivity contribution in [3.05, 3.63) is 47.0 Å². The van der Waals surface area contributed by atoms with E-state index in [1.165, 1.54) is 0 Å². The van der Waals surface area contributed by atoms with E-state index in [-0.39, 0.29) is 23.1 Å². The molecule has 1 aromatic carbocycles. The van der Waals surface area contributed by atoms with E-state index in [4.69, 9.17) is 20.4 Å². The van der Waals surface area contributed by atoms with Gasteiger partial charge in [0.15, 0.2) is 22.3 Å². The number of halogens is 1. The van der Waals surface area contributed by atoms with Gasteiger partial charge in [0.1, 0.15) is 5.52 Å². The van der Waals surface area contributed by atoms with Crippen molar-refractivity contribution >= 4 is 44.9 Å². The molecular weight excluding hydrogens is 450 g/mol. The van der Waals surface area contributed by atoms with Gasteiger partial charge in [-0.25, -0.2) is 9.38 Å². The third-order valence-electron chi connectivity index (χ3n) is 6.99. The molecular formula is C23H24ClN3O4S. The van der Waals surface area contributed by atoms with Crippen molar-refractivity contribution in [1.82, 2.24) is 10.3 Å². The Labute approximate surface area is 191 Å². The van der Waals surface area contributed by atoms with Crippen LogP contribution >= 0.6 is 11.6 Å². The van der Waals surface area contributed by atoms with Gasteiger partial charge in [-0.05, 0) is 74.3 Å². The summed E-state index contributed by atoms with van der Waals surface area (Å²) in [5, 5.41) is 4.03. The molecule has 6 rings (SSSR count). The van der Waals surface area contributed by atoms with E-state index < -0.39 is 10.1 Å². The number of thiol groups is 1. The number of carbonyl (C=O) groups is 1. The number of amides is 1. The lowest BCUT2D eigenvalue weighted by molar-refractivity contribution is -0.0256. The van der Waals surface area contributed by atoms with Crippen molar-refractivity contribution in [3.63, 3.8) is 0 Å². The molecule has 32 heavy (non-hydrogen) atoms. The highest BCUT2D eigenvalue weighted by atomic mass is 35.5. The zero-order valence-corrected chi connectivity index (χ0v) is 19.1. The van der Waals surface area contributed by atoms with E-state index >= 15 is 0 Å². The molecule has 1 aliphatic heterocycles. The Bertz CT molecular complexity index is 1280. The first kappa shape index (κ1) is 20.2. The smallest absolute Gasteiger partial charge is 0.287 e. The first-order valence-electron chi connectivity index (χ1n) is 11.0. The van der Waals surface area contributed by atoms with E-state index in [2.05, 4.69) is 14.7 Å². The summed E-state index contributed by atoms with van der Waals surface area (Å²) >= 11 is 6.04. The van der Waals surface area contributed by atoms with Gasteiger partial charge in [0.25, 0.3) is 5.91 Å². The summed E-state index contributed by atoms with van der Waals surface area (Å²) in [6.07, 6.45) is 7.28. The van der Waals surface area contributed by atoms with Gasteiger partial charge in [-0.15, -0.1) is 0 Å². The fourth-order valence-electron chi connectivity index (χ4n) is 5.38. The molecule has 3 aliphatic rings. The van der Waals surface area contributed by atoms with Crippen LogP contribution in [0.15, 0.2) is 48.7 Å². The zero-order chi connectivity index (χ0) is 21.9. The van der Waals surface area contributed by atoms with Crippen LogP contribution < -0.4 is 5.32 Å². The average molecular weight is 474 g/mol. The minimum atomic E-state index is -2.88. The van der Waals surface area contributed by atoms with Crippen molar-refractivity contribution in [3.8, 4) is 0 Å². The van der Waals surface area contributed by atoms with Crippen molar-refractivity contribution in [2.45, 2.75) is 55.6 Å². The molecule has 9 heteroatoms. The fraction of sp³-hybridized carbons (Fsp3) is 0.435. The second-order valence-electron chi connectivity index (χ2n) is 9.35. The zero-order valence-electron chi connectivity index (χ0n) is 17.4. The molecule has 1 amide bonds. The normalized spacial score (nSPS) is 29.4. The molecule has 0 atom stereocenters. The average Bonchev–Trinajstić information content (AvgIpc) is 3.36. The number of benzene rings is 1. The van der Waals surface area contributed by atoms with Gasteiger partial charge >= 0.3 is 0 Å². The van der Waals surface area contributed by atoms with E-state index in [1.807, 2.05) is 18.2 Å². The number of rotatable bonds is 4. The Morgan fingerprint density at radius 1 is 1.16 bits per heavy atom. The Morgan fingerprint density at radius 3 is 2.78 bits per heavy atom. The molecule has 2 aliphatic carbocycles. The van der Waals surface area contributed by atoms with Crippen LogP contribution in [0.1, 0.15) is 60.9 Å². The number of aromatic nitrogens is 1. The standard InChI is InChI=1S/C23H24ClN3O4S/c24-15-3-4-18-17(9-15)27-22(31-18)14-10-23(11-14)12-16(13-23)26-21(28)19-5-6-20(30-19)32(29)8-2-1-7-25-32/h3-7,9,14,16,32H,1-2,8,10-13H2,(H,26,28). The monoisotopic (exact) mass is 473 g/mol. The van der Waals surface area contributed by atoms with Crippen LogP contribution in [0.25, 0.3) is 11.1 Å². The van der Waals surface area contributed by atoms with Crippen molar-refractivity contribution in [2.24, 2.45) is 9.81 Å². The van der Waals surface area contributed by atoms with Gasteiger partial charge in [-0.1, -0.05) is 11.6 Å². The van der Waals surface area contributed by atoms with Gasteiger partial charge in [-0.3, -0.25) is 9.00 Å². The Balaban J connectivity index is 1.04. The summed E-state index contributed by atoms with van der Waals surface area (Å²) in [4.78, 5) is 17.2. The number of carbonyl (C=O) groups excluding carboxylic acids is 1. The maximum atomic E-state index is 12.9. The van der Waals surface area contributed by atoms with Crippen molar-refractivity contribution in [1.29, 1.82) is 0 Å². The predicted octanol–water partition coefficient (Wildman–Crippen LogP) is 4.69. The molecule has 3 heterocycles. The summed E-state index contributed by atoms with van der Waals surface area (Å²) < 4.78 is 28.6. The van der Waals surface area contributed by atoms with E-state index in [1.54, 1.807) is 18.3 Å². The lowest BCUT2D eigenvalue weighted by atomic mass is 9.50. The van der Waals surface area contributed by atoms with Gasteiger partial charge < -0.3 is 14.2 Å². The number of oxazole rings is 1. The maximum absolute atomic E-state index is 12.9. The molecule has 0 unspecified atom stereocenters. The highest BCUT2D eigenvalue weighted by Gasteiger charge is 2.54. The van der Waals surface area contributed by atoms with E-state index in [0.29, 0.717) is 21.8 Å². The molecule has 2 saturated carbocycles. The molecule has 0 bridgehead atoms. The third-order valence-corrected chi connectivity index (χ3v) is 9.61. The fourth-order valence-corrected chi connectivity index (χ4v) is 7.53. The SMILES string of the molecule is O=C(NC1CC2(C1)CC(c1nc3cc(Cl)ccc3o1)C2)c1ccc([SH]2(=O)CCCC=N2)o1. The highest BCUT2D eigenvalue weighted by Crippen LogP contribution is 2.61. The largest absolute Gasteiger partial charge is 0.442 e. The summed E-state index contributed by atoms with van der Waals surface area (Å²) in [6, 6.07) is 8.85. The predicted molar refractivity (Wildman–Crippen MR) is 123 cm³/mol. The Hall–Kier alpha value is -2.45. The Kier molecular flexibility index (Phi) is 4.59. The molecule has 0 saturated heterocycles. The maximum Gasteiger partial charge on any atom is 0.287 e. The van der Waals surface area contributed by atoms with Crippen LogP contribution in [0, 0.1) is 5.41 Å². The minimum absolute atomic E-state index is 0.128.